The summed E-state index contributed by atoms with van der Waals surface area (Å²) in [5, 5.41) is 7.34. The van der Waals surface area contributed by atoms with Crippen molar-refractivity contribution < 1.29 is 9.53 Å². The molecular formula is C26H32N4O2. The predicted octanol–water partition coefficient (Wildman–Crippen LogP) is 4.82. The molecule has 1 saturated heterocycles. The van der Waals surface area contributed by atoms with Crippen molar-refractivity contribution in [2.45, 2.75) is 39.2 Å². The fourth-order valence-electron chi connectivity index (χ4n) is 4.42. The number of carbonyl (C=O) groups is 1. The molecule has 1 unspecified atom stereocenters. The van der Waals surface area contributed by atoms with E-state index in [1.165, 1.54) is 18.4 Å². The van der Waals surface area contributed by atoms with Crippen LogP contribution in [0.25, 0.3) is 5.69 Å². The van der Waals surface area contributed by atoms with Crippen LogP contribution in [0.15, 0.2) is 60.9 Å². The Labute approximate surface area is 190 Å². The molecule has 0 aliphatic carbocycles. The van der Waals surface area contributed by atoms with Gasteiger partial charge in [0.05, 0.1) is 12.8 Å². The van der Waals surface area contributed by atoms with Gasteiger partial charge in [0.25, 0.3) is 0 Å². The van der Waals surface area contributed by atoms with Gasteiger partial charge in [-0.05, 0) is 86.2 Å². The molecule has 4 rings (SSSR count). The van der Waals surface area contributed by atoms with Gasteiger partial charge in [-0.2, -0.15) is 5.10 Å². The van der Waals surface area contributed by atoms with Crippen LogP contribution in [0.1, 0.15) is 36.8 Å². The first-order valence-corrected chi connectivity index (χ1v) is 11.4. The zero-order valence-corrected chi connectivity index (χ0v) is 19.0. The number of nitrogens with zero attached hydrogens (tertiary/aromatic N) is 3. The summed E-state index contributed by atoms with van der Waals surface area (Å²) in [7, 11) is 1.65. The number of likely N-dealkylation sites (tertiary alicyclic amines) is 1. The number of rotatable bonds is 8. The number of piperidine rings is 1. The minimum Gasteiger partial charge on any atom is -0.497 e. The number of aromatic nitrogens is 2. The maximum absolute atomic E-state index is 12.5. The summed E-state index contributed by atoms with van der Waals surface area (Å²) < 4.78 is 7.11. The number of nitrogens with one attached hydrogen (secondary N) is 1. The molecule has 2 heterocycles. The summed E-state index contributed by atoms with van der Waals surface area (Å²) in [4.78, 5) is 15.0. The summed E-state index contributed by atoms with van der Waals surface area (Å²) in [5.74, 6) is 1.46. The smallest absolute Gasteiger partial charge is 0.224 e. The molecule has 6 nitrogen and oxygen atoms in total. The molecule has 1 aromatic heterocycles. The molecule has 3 aromatic rings. The van der Waals surface area contributed by atoms with Crippen LogP contribution in [0.4, 0.5) is 5.69 Å². The first kappa shape index (κ1) is 22.1. The third-order valence-electron chi connectivity index (χ3n) is 6.20. The Morgan fingerprint density at radius 3 is 2.78 bits per heavy atom. The molecule has 0 bridgehead atoms. The SMILES string of the molecule is COc1ccc(NC(=O)CCC2CCCN(Cc3ccc(-n4cccn4)cc3)C2)c(C)c1. The van der Waals surface area contributed by atoms with Crippen molar-refractivity contribution in [2.24, 2.45) is 5.92 Å². The van der Waals surface area contributed by atoms with Crippen molar-refractivity contribution in [3.63, 3.8) is 0 Å². The minimum atomic E-state index is 0.0876. The van der Waals surface area contributed by atoms with Crippen LogP contribution in [-0.2, 0) is 11.3 Å². The van der Waals surface area contributed by atoms with Gasteiger partial charge in [-0.3, -0.25) is 9.69 Å². The van der Waals surface area contributed by atoms with Crippen LogP contribution >= 0.6 is 0 Å². The number of hydrogen-bond donors (Lipinski definition) is 1. The van der Waals surface area contributed by atoms with Gasteiger partial charge in [-0.25, -0.2) is 4.68 Å². The highest BCUT2D eigenvalue weighted by Crippen LogP contribution is 2.24. The van der Waals surface area contributed by atoms with Gasteiger partial charge in [0.15, 0.2) is 0 Å². The molecule has 1 N–H and O–H groups in total. The second-order valence-corrected chi connectivity index (χ2v) is 8.63. The third-order valence-corrected chi connectivity index (χ3v) is 6.20. The number of ether oxygens (including phenoxy) is 1. The molecule has 0 radical (unpaired) electrons. The lowest BCUT2D eigenvalue weighted by Crippen LogP contribution is -2.35. The summed E-state index contributed by atoms with van der Waals surface area (Å²) in [5.41, 5.74) is 4.27. The molecule has 1 aliphatic rings. The number of carbonyl (C=O) groups excluding carboxylic acids is 1. The topological polar surface area (TPSA) is 59.4 Å². The quantitative estimate of drug-likeness (QED) is 0.554. The summed E-state index contributed by atoms with van der Waals surface area (Å²) >= 11 is 0. The molecule has 1 fully saturated rings. The Morgan fingerprint density at radius 1 is 1.22 bits per heavy atom. The van der Waals surface area contributed by atoms with Crippen molar-refractivity contribution in [3.05, 3.63) is 72.1 Å². The monoisotopic (exact) mass is 432 g/mol. The molecular weight excluding hydrogens is 400 g/mol. The molecule has 1 amide bonds. The predicted molar refractivity (Wildman–Crippen MR) is 127 cm³/mol. The summed E-state index contributed by atoms with van der Waals surface area (Å²) in [6.07, 6.45) is 7.62. The lowest BCUT2D eigenvalue weighted by molar-refractivity contribution is -0.116. The molecule has 0 spiro atoms. The van der Waals surface area contributed by atoms with E-state index in [9.17, 15) is 4.79 Å². The standard InChI is InChI=1S/C26H32N4O2/c1-20-17-24(32-2)11-12-25(20)28-26(31)13-8-21-5-3-15-29(18-21)19-22-6-9-23(10-7-22)30-16-4-14-27-30/h4,6-7,9-12,14,16-17,21H,3,5,8,13,15,18-19H2,1-2H3,(H,28,31). The molecule has 6 heteroatoms. The van der Waals surface area contributed by atoms with Gasteiger partial charge in [-0.15, -0.1) is 0 Å². The zero-order chi connectivity index (χ0) is 22.3. The largest absolute Gasteiger partial charge is 0.497 e. The molecule has 32 heavy (non-hydrogen) atoms. The van der Waals surface area contributed by atoms with E-state index in [4.69, 9.17) is 4.74 Å². The van der Waals surface area contributed by atoms with Crippen molar-refractivity contribution in [3.8, 4) is 11.4 Å². The van der Waals surface area contributed by atoms with Crippen molar-refractivity contribution >= 4 is 11.6 Å². The van der Waals surface area contributed by atoms with Gasteiger partial charge in [-0.1, -0.05) is 12.1 Å². The number of methoxy groups -OCH3 is 1. The second-order valence-electron chi connectivity index (χ2n) is 8.63. The van der Waals surface area contributed by atoms with Gasteiger partial charge in [0, 0.05) is 37.6 Å². The van der Waals surface area contributed by atoms with Crippen LogP contribution in [0, 0.1) is 12.8 Å². The lowest BCUT2D eigenvalue weighted by atomic mass is 9.93. The molecule has 168 valence electrons. The average molecular weight is 433 g/mol. The van der Waals surface area contributed by atoms with E-state index in [1.54, 1.807) is 13.3 Å². The van der Waals surface area contributed by atoms with Gasteiger partial charge in [0.2, 0.25) is 5.91 Å². The van der Waals surface area contributed by atoms with E-state index in [2.05, 4.69) is 39.6 Å². The van der Waals surface area contributed by atoms with Crippen LogP contribution in [0.2, 0.25) is 0 Å². The van der Waals surface area contributed by atoms with Crippen LogP contribution in [-0.4, -0.2) is 40.8 Å². The number of hydrogen-bond acceptors (Lipinski definition) is 4. The van der Waals surface area contributed by atoms with Crippen LogP contribution < -0.4 is 10.1 Å². The average Bonchev–Trinajstić information content (AvgIpc) is 3.35. The van der Waals surface area contributed by atoms with E-state index >= 15 is 0 Å². The maximum Gasteiger partial charge on any atom is 0.224 e. The Balaban J connectivity index is 1.24. The highest BCUT2D eigenvalue weighted by Gasteiger charge is 2.21. The number of amides is 1. The van der Waals surface area contributed by atoms with E-state index < -0.39 is 0 Å². The number of benzene rings is 2. The van der Waals surface area contributed by atoms with Crippen molar-refractivity contribution in [2.75, 3.05) is 25.5 Å². The molecule has 1 aliphatic heterocycles. The molecule has 1 atom stereocenters. The number of aryl methyl sites for hydroxylation is 1. The summed E-state index contributed by atoms with van der Waals surface area (Å²) in [6, 6.07) is 16.3. The van der Waals surface area contributed by atoms with E-state index in [0.717, 1.165) is 48.7 Å². The number of anilines is 1. The van der Waals surface area contributed by atoms with E-state index in [1.807, 2.05) is 42.1 Å². The Morgan fingerprint density at radius 2 is 2.06 bits per heavy atom. The van der Waals surface area contributed by atoms with E-state index in [0.29, 0.717) is 12.3 Å². The van der Waals surface area contributed by atoms with Crippen molar-refractivity contribution in [1.82, 2.24) is 14.7 Å². The fourth-order valence-corrected chi connectivity index (χ4v) is 4.42. The van der Waals surface area contributed by atoms with Gasteiger partial charge in [0.1, 0.15) is 5.75 Å². The van der Waals surface area contributed by atoms with Crippen molar-refractivity contribution in [1.29, 1.82) is 0 Å². The maximum atomic E-state index is 12.5. The van der Waals surface area contributed by atoms with Gasteiger partial charge >= 0.3 is 0 Å². The third kappa shape index (κ3) is 5.77. The Bertz CT molecular complexity index is 1010. The second kappa shape index (κ2) is 10.5. The highest BCUT2D eigenvalue weighted by atomic mass is 16.5. The summed E-state index contributed by atoms with van der Waals surface area (Å²) in [6.45, 7) is 5.11. The van der Waals surface area contributed by atoms with E-state index in [-0.39, 0.29) is 5.91 Å². The molecule has 2 aromatic carbocycles. The molecule has 0 saturated carbocycles. The fraction of sp³-hybridized carbons (Fsp3) is 0.385. The Hall–Kier alpha value is -3.12. The lowest BCUT2D eigenvalue weighted by Gasteiger charge is -2.32. The van der Waals surface area contributed by atoms with Crippen LogP contribution in [0.3, 0.4) is 0 Å². The van der Waals surface area contributed by atoms with Crippen LogP contribution in [0.5, 0.6) is 5.75 Å². The zero-order valence-electron chi connectivity index (χ0n) is 19.0. The first-order valence-electron chi connectivity index (χ1n) is 11.4. The normalized spacial score (nSPS) is 16.6. The highest BCUT2D eigenvalue weighted by molar-refractivity contribution is 5.91. The Kier molecular flexibility index (Phi) is 7.22. The van der Waals surface area contributed by atoms with Gasteiger partial charge < -0.3 is 10.1 Å². The minimum absolute atomic E-state index is 0.0876. The first-order chi connectivity index (χ1) is 15.6.